The molecule has 0 bridgehead atoms. The van der Waals surface area contributed by atoms with Crippen molar-refractivity contribution in [1.29, 1.82) is 0 Å². The number of piperidine rings is 2. The molecule has 288 valence electrons. The van der Waals surface area contributed by atoms with Crippen molar-refractivity contribution in [2.45, 2.75) is 72.0 Å². The lowest BCUT2D eigenvalue weighted by Crippen LogP contribution is -2.30. The maximum absolute atomic E-state index is 13.1. The second-order valence-electron chi connectivity index (χ2n) is 12.7. The number of halogens is 4. The maximum Gasteiger partial charge on any atom is 0.206 e. The molecule has 4 aromatic rings. The van der Waals surface area contributed by atoms with Crippen LogP contribution in [0.4, 0.5) is 22.7 Å². The summed E-state index contributed by atoms with van der Waals surface area (Å²) in [5.41, 5.74) is 10.4. The van der Waals surface area contributed by atoms with Gasteiger partial charge in [-0.05, 0) is 149 Å². The molecule has 0 atom stereocenters. The van der Waals surface area contributed by atoms with E-state index in [0.29, 0.717) is 21.4 Å². The van der Waals surface area contributed by atoms with Crippen LogP contribution < -0.4 is 15.5 Å². The van der Waals surface area contributed by atoms with E-state index in [9.17, 15) is 16.8 Å². The van der Waals surface area contributed by atoms with Gasteiger partial charge in [0.25, 0.3) is 0 Å². The first kappa shape index (κ1) is 44.0. The summed E-state index contributed by atoms with van der Waals surface area (Å²) in [6.45, 7) is 7.16. The smallest absolute Gasteiger partial charge is 0.206 e. The Labute approximate surface area is 349 Å². The van der Waals surface area contributed by atoms with Gasteiger partial charge >= 0.3 is 0 Å². The molecule has 54 heavy (non-hydrogen) atoms. The van der Waals surface area contributed by atoms with Crippen LogP contribution in [-0.2, 0) is 19.7 Å². The van der Waals surface area contributed by atoms with Crippen LogP contribution in [0, 0.1) is 13.8 Å². The molecule has 0 unspecified atom stereocenters. The number of hydrogen-bond donors (Lipinski definition) is 1. The molecule has 0 saturated carbocycles. The summed E-state index contributed by atoms with van der Waals surface area (Å²) in [6, 6.07) is 19.4. The number of isothiocyanates is 1. The highest BCUT2D eigenvalue weighted by molar-refractivity contribution is 7.91. The average Bonchev–Trinajstić information content (AvgIpc) is 3.15. The second kappa shape index (κ2) is 19.9. The topological polar surface area (TPSA) is 113 Å². The van der Waals surface area contributed by atoms with E-state index < -0.39 is 19.7 Å². The molecule has 0 amide bonds. The van der Waals surface area contributed by atoms with Gasteiger partial charge in [0.15, 0.2) is 3.78 Å². The van der Waals surface area contributed by atoms with Crippen LogP contribution >= 0.6 is 70.8 Å². The van der Waals surface area contributed by atoms with E-state index in [4.69, 9.17) is 64.4 Å². The van der Waals surface area contributed by atoms with Crippen molar-refractivity contribution in [3.05, 3.63) is 94.0 Å². The standard InChI is InChI=1S/C19H19ClN2O2S2.C18H21ClN2O2S.CCl2S/c1-14-11-15(5-7-17(14)20)26(23,24)16-6-8-18(21-13-25)19(12-16)22-9-3-2-4-10-22;1-13-11-14(5-7-16(13)19)24(22,23)15-6-8-17(20)18(12-15)21-9-3-2-4-10-21;2-1(3)4/h5-8,11-12H,2-4,9-10H2,1H3;5-8,11-12H,2-4,9-10,20H2,1H3;. The predicted molar refractivity (Wildman–Crippen MR) is 232 cm³/mol. The van der Waals surface area contributed by atoms with Crippen LogP contribution in [0.25, 0.3) is 0 Å². The lowest BCUT2D eigenvalue weighted by molar-refractivity contribution is 0.577. The highest BCUT2D eigenvalue weighted by Gasteiger charge is 2.24. The molecule has 0 spiro atoms. The first-order chi connectivity index (χ1) is 25.6. The number of sulfone groups is 2. The zero-order valence-electron chi connectivity index (χ0n) is 29.7. The largest absolute Gasteiger partial charge is 0.397 e. The van der Waals surface area contributed by atoms with Crippen molar-refractivity contribution in [2.24, 2.45) is 4.99 Å². The van der Waals surface area contributed by atoms with Crippen molar-refractivity contribution < 1.29 is 16.8 Å². The molecular formula is C38H40Cl4N4O4S4. The third-order valence-electron chi connectivity index (χ3n) is 9.01. The third kappa shape index (κ3) is 11.4. The van der Waals surface area contributed by atoms with E-state index in [1.54, 1.807) is 80.6 Å². The first-order valence-electron chi connectivity index (χ1n) is 17.0. The van der Waals surface area contributed by atoms with Gasteiger partial charge in [-0.3, -0.25) is 0 Å². The average molecular weight is 887 g/mol. The molecule has 0 radical (unpaired) electrons. The van der Waals surface area contributed by atoms with E-state index in [-0.39, 0.29) is 23.4 Å². The summed E-state index contributed by atoms with van der Waals surface area (Å²) in [5, 5.41) is 3.49. The SMILES string of the molecule is Cc1cc(S(=O)(=O)c2ccc(N)c(N3CCCCC3)c2)ccc1Cl.Cc1cc(S(=O)(=O)c2ccc(N=C=S)c(N3CCCCC3)c2)ccc1Cl.S=C(Cl)Cl. The van der Waals surface area contributed by atoms with Gasteiger partial charge in [0.05, 0.1) is 47.5 Å². The number of aliphatic imine (C=N–C) groups is 1. The van der Waals surface area contributed by atoms with Crippen molar-refractivity contribution in [2.75, 3.05) is 41.7 Å². The normalized spacial score (nSPS) is 14.5. The number of nitrogens with two attached hydrogens (primary N) is 1. The fraction of sp³-hybridized carbons (Fsp3) is 0.316. The van der Waals surface area contributed by atoms with Crippen LogP contribution in [0.1, 0.15) is 49.7 Å². The van der Waals surface area contributed by atoms with Crippen LogP contribution in [0.3, 0.4) is 0 Å². The lowest BCUT2D eigenvalue weighted by Gasteiger charge is -2.30. The Morgan fingerprint density at radius 1 is 0.648 bits per heavy atom. The van der Waals surface area contributed by atoms with Crippen LogP contribution in [0.5, 0.6) is 0 Å². The Hall–Kier alpha value is -2.77. The van der Waals surface area contributed by atoms with Gasteiger partial charge < -0.3 is 15.5 Å². The minimum absolute atomic E-state index is 0.0556. The quantitative estimate of drug-likeness (QED) is 0.0839. The highest BCUT2D eigenvalue weighted by atomic mass is 35.5. The Morgan fingerprint density at radius 2 is 1.02 bits per heavy atom. The van der Waals surface area contributed by atoms with Crippen molar-refractivity contribution in [3.63, 3.8) is 0 Å². The molecule has 0 aliphatic carbocycles. The molecule has 8 nitrogen and oxygen atoms in total. The molecule has 2 aliphatic rings. The molecule has 2 fully saturated rings. The van der Waals surface area contributed by atoms with Gasteiger partial charge in [0, 0.05) is 36.2 Å². The number of benzene rings is 4. The van der Waals surface area contributed by atoms with Gasteiger partial charge in [-0.2, -0.15) is 4.99 Å². The van der Waals surface area contributed by atoms with Crippen LogP contribution in [-0.4, -0.2) is 52.0 Å². The number of nitrogen functional groups attached to an aromatic ring is 1. The molecule has 2 saturated heterocycles. The number of aryl methyl sites for hydroxylation is 2. The minimum atomic E-state index is -3.64. The van der Waals surface area contributed by atoms with Crippen molar-refractivity contribution in [3.8, 4) is 0 Å². The monoisotopic (exact) mass is 884 g/mol. The molecule has 6 rings (SSSR count). The number of nitrogens with zero attached hydrogens (tertiary/aromatic N) is 3. The van der Waals surface area contributed by atoms with Gasteiger partial charge in [0.1, 0.15) is 0 Å². The summed E-state index contributed by atoms with van der Waals surface area (Å²) in [6.07, 6.45) is 6.75. The Morgan fingerprint density at radius 3 is 1.44 bits per heavy atom. The fourth-order valence-corrected chi connectivity index (χ4v) is 9.21. The summed E-state index contributed by atoms with van der Waals surface area (Å²) in [7, 11) is -7.24. The van der Waals surface area contributed by atoms with E-state index in [2.05, 4.69) is 32.2 Å². The molecule has 2 heterocycles. The molecular weight excluding hydrogens is 847 g/mol. The molecule has 4 aromatic carbocycles. The number of anilines is 3. The Bertz CT molecular complexity index is 2250. The van der Waals surface area contributed by atoms with Crippen LogP contribution in [0.15, 0.2) is 97.4 Å². The van der Waals surface area contributed by atoms with Crippen LogP contribution in [0.2, 0.25) is 10.0 Å². The van der Waals surface area contributed by atoms with Gasteiger partial charge in [-0.1, -0.05) is 58.6 Å². The zero-order valence-corrected chi connectivity index (χ0v) is 36.0. The number of rotatable bonds is 7. The van der Waals surface area contributed by atoms with Crippen molar-refractivity contribution in [1.82, 2.24) is 0 Å². The van der Waals surface area contributed by atoms with Gasteiger partial charge in [-0.15, -0.1) is 0 Å². The van der Waals surface area contributed by atoms with E-state index in [1.165, 1.54) is 18.9 Å². The molecule has 2 aliphatic heterocycles. The lowest BCUT2D eigenvalue weighted by atomic mass is 10.1. The molecule has 0 aromatic heterocycles. The van der Waals surface area contributed by atoms with E-state index >= 15 is 0 Å². The summed E-state index contributed by atoms with van der Waals surface area (Å²) < 4.78 is 52.0. The number of hydrogen-bond acceptors (Lipinski definition) is 10. The third-order valence-corrected chi connectivity index (χ3v) is 13.4. The number of thiocarbonyl (C=S) groups is 2. The zero-order chi connectivity index (χ0) is 39.6. The highest BCUT2D eigenvalue weighted by Crippen LogP contribution is 2.36. The first-order valence-corrected chi connectivity index (χ1v) is 22.3. The second-order valence-corrected chi connectivity index (χ2v) is 19.4. The fourth-order valence-electron chi connectivity index (χ4n) is 6.14. The summed E-state index contributed by atoms with van der Waals surface area (Å²) in [4.78, 5) is 9.44. The predicted octanol–water partition coefficient (Wildman–Crippen LogP) is 11.0. The Balaban J connectivity index is 0.000000220. The van der Waals surface area contributed by atoms with Gasteiger partial charge in [0.2, 0.25) is 19.7 Å². The maximum atomic E-state index is 13.1. The molecule has 2 N–H and O–H groups in total. The van der Waals surface area contributed by atoms with Gasteiger partial charge in [-0.25, -0.2) is 16.8 Å². The summed E-state index contributed by atoms with van der Waals surface area (Å²) >= 11 is 30.4. The van der Waals surface area contributed by atoms with Crippen molar-refractivity contribution >= 4 is 122 Å². The Kier molecular flexibility index (Phi) is 16.2. The summed E-state index contributed by atoms with van der Waals surface area (Å²) in [5.74, 6) is 0. The molecule has 16 heteroatoms. The minimum Gasteiger partial charge on any atom is -0.397 e. The van der Waals surface area contributed by atoms with E-state index in [0.717, 1.165) is 74.4 Å². The van der Waals surface area contributed by atoms with E-state index in [1.807, 2.05) is 0 Å².